The van der Waals surface area contributed by atoms with E-state index in [4.69, 9.17) is 10.5 Å². The van der Waals surface area contributed by atoms with Gasteiger partial charge in [-0.2, -0.15) is 0 Å². The Labute approximate surface area is 140 Å². The second-order valence-electron chi connectivity index (χ2n) is 5.91. The van der Waals surface area contributed by atoms with Crippen LogP contribution in [0, 0.1) is 0 Å². The number of carbonyl (C=O) groups excluding carboxylic acids is 1. The number of rotatable bonds is 7. The quantitative estimate of drug-likeness (QED) is 0.602. The monoisotopic (exact) mass is 333 g/mol. The number of nitrogens with two attached hydrogens (primary N) is 1. The first kappa shape index (κ1) is 17.4. The number of amides is 1. The number of anilines is 1. The minimum Gasteiger partial charge on any atom is -0.399 e. The number of thiazole rings is 1. The zero-order chi connectivity index (χ0) is 16.9. The first-order valence-corrected chi connectivity index (χ1v) is 8.38. The summed E-state index contributed by atoms with van der Waals surface area (Å²) < 4.78 is 4.91. The number of methoxy groups -OCH3 is 1. The van der Waals surface area contributed by atoms with Gasteiger partial charge in [0.2, 0.25) is 5.91 Å². The second kappa shape index (κ2) is 7.57. The third-order valence-electron chi connectivity index (χ3n) is 3.69. The zero-order valence-electron chi connectivity index (χ0n) is 13.8. The van der Waals surface area contributed by atoms with E-state index in [1.54, 1.807) is 18.4 Å². The minimum atomic E-state index is -0.219. The van der Waals surface area contributed by atoms with Crippen molar-refractivity contribution >= 4 is 22.9 Å². The maximum absolute atomic E-state index is 11.8. The molecule has 0 saturated heterocycles. The van der Waals surface area contributed by atoms with E-state index < -0.39 is 0 Å². The Bertz CT molecular complexity index is 650. The molecule has 23 heavy (non-hydrogen) atoms. The third-order valence-corrected chi connectivity index (χ3v) is 4.90. The molecule has 1 aromatic heterocycles. The highest BCUT2D eigenvalue weighted by Gasteiger charge is 2.26. The Morgan fingerprint density at radius 3 is 2.70 bits per heavy atom. The van der Waals surface area contributed by atoms with Gasteiger partial charge in [0.25, 0.3) is 0 Å². The maximum Gasteiger partial charge on any atom is 0.226 e. The Hall–Kier alpha value is -1.92. The molecule has 0 spiro atoms. The molecular weight excluding hydrogens is 310 g/mol. The van der Waals surface area contributed by atoms with Gasteiger partial charge in [-0.3, -0.25) is 4.79 Å². The number of ether oxygens (including phenoxy) is 1. The Morgan fingerprint density at radius 2 is 2.04 bits per heavy atom. The molecule has 3 N–H and O–H groups in total. The van der Waals surface area contributed by atoms with Gasteiger partial charge in [0.05, 0.1) is 18.7 Å². The van der Waals surface area contributed by atoms with E-state index in [1.807, 2.05) is 29.6 Å². The summed E-state index contributed by atoms with van der Waals surface area (Å²) in [6, 6.07) is 7.84. The molecule has 124 valence electrons. The van der Waals surface area contributed by atoms with Crippen LogP contribution in [0.4, 0.5) is 5.69 Å². The molecular formula is C17H23N3O2S. The van der Waals surface area contributed by atoms with E-state index in [2.05, 4.69) is 24.1 Å². The predicted molar refractivity (Wildman–Crippen MR) is 93.7 cm³/mol. The fraction of sp³-hybridized carbons (Fsp3) is 0.412. The Morgan fingerprint density at radius 1 is 1.35 bits per heavy atom. The predicted octanol–water partition coefficient (Wildman–Crippen LogP) is 2.36. The lowest BCUT2D eigenvalue weighted by Crippen LogP contribution is -2.28. The van der Waals surface area contributed by atoms with Crippen molar-refractivity contribution in [3.05, 3.63) is 45.9 Å². The lowest BCUT2D eigenvalue weighted by atomic mass is 9.85. The van der Waals surface area contributed by atoms with Crippen molar-refractivity contribution in [2.75, 3.05) is 26.0 Å². The van der Waals surface area contributed by atoms with E-state index in [9.17, 15) is 4.79 Å². The SMILES string of the molecule is COCCNC(=O)Cc1csc(C(C)(C)c2ccc(N)cc2)n1. The average Bonchev–Trinajstić information content (AvgIpc) is 2.97. The largest absolute Gasteiger partial charge is 0.399 e. The molecule has 1 heterocycles. The lowest BCUT2D eigenvalue weighted by molar-refractivity contribution is -0.120. The van der Waals surface area contributed by atoms with Crippen molar-refractivity contribution < 1.29 is 9.53 Å². The van der Waals surface area contributed by atoms with Crippen molar-refractivity contribution in [2.24, 2.45) is 0 Å². The maximum atomic E-state index is 11.8. The number of nitrogens with zero attached hydrogens (tertiary/aromatic N) is 1. The summed E-state index contributed by atoms with van der Waals surface area (Å²) in [4.78, 5) is 16.5. The number of nitrogen functional groups attached to an aromatic ring is 1. The van der Waals surface area contributed by atoms with Crippen molar-refractivity contribution in [2.45, 2.75) is 25.7 Å². The summed E-state index contributed by atoms with van der Waals surface area (Å²) >= 11 is 1.58. The number of carbonyl (C=O) groups is 1. The van der Waals surface area contributed by atoms with Gasteiger partial charge >= 0.3 is 0 Å². The molecule has 0 bridgehead atoms. The Balaban J connectivity index is 2.05. The fourth-order valence-electron chi connectivity index (χ4n) is 2.22. The standard InChI is InChI=1S/C17H23N3O2S/c1-17(2,12-4-6-13(18)7-5-12)16-20-14(11-23-16)10-15(21)19-8-9-22-3/h4-7,11H,8-10,18H2,1-3H3,(H,19,21). The highest BCUT2D eigenvalue weighted by Crippen LogP contribution is 2.33. The van der Waals surface area contributed by atoms with Gasteiger partial charge in [-0.15, -0.1) is 11.3 Å². The molecule has 2 rings (SSSR count). The highest BCUT2D eigenvalue weighted by molar-refractivity contribution is 7.09. The van der Waals surface area contributed by atoms with E-state index in [-0.39, 0.29) is 17.7 Å². The molecule has 0 aliphatic carbocycles. The van der Waals surface area contributed by atoms with Gasteiger partial charge in [0.1, 0.15) is 5.01 Å². The molecule has 0 aliphatic rings. The van der Waals surface area contributed by atoms with Gasteiger partial charge in [-0.1, -0.05) is 12.1 Å². The van der Waals surface area contributed by atoms with Crippen molar-refractivity contribution in [3.8, 4) is 0 Å². The van der Waals surface area contributed by atoms with Crippen LogP contribution in [-0.4, -0.2) is 31.2 Å². The van der Waals surface area contributed by atoms with E-state index >= 15 is 0 Å². The molecule has 0 saturated carbocycles. The molecule has 2 aromatic rings. The topological polar surface area (TPSA) is 77.2 Å². The summed E-state index contributed by atoms with van der Waals surface area (Å²) in [5, 5.41) is 5.74. The number of hydrogen-bond donors (Lipinski definition) is 2. The van der Waals surface area contributed by atoms with E-state index in [1.165, 1.54) is 0 Å². The minimum absolute atomic E-state index is 0.0378. The molecule has 5 nitrogen and oxygen atoms in total. The summed E-state index contributed by atoms with van der Waals surface area (Å²) in [6.07, 6.45) is 0.290. The first-order valence-electron chi connectivity index (χ1n) is 7.50. The molecule has 0 unspecified atom stereocenters. The third kappa shape index (κ3) is 4.53. The Kier molecular flexibility index (Phi) is 5.74. The first-order chi connectivity index (χ1) is 10.9. The molecule has 0 aliphatic heterocycles. The highest BCUT2D eigenvalue weighted by atomic mass is 32.1. The summed E-state index contributed by atoms with van der Waals surface area (Å²) in [6.45, 7) is 5.28. The molecule has 0 atom stereocenters. The summed E-state index contributed by atoms with van der Waals surface area (Å²) in [5.41, 5.74) is 8.22. The van der Waals surface area contributed by atoms with Crippen LogP contribution in [0.2, 0.25) is 0 Å². The molecule has 6 heteroatoms. The van der Waals surface area contributed by atoms with Gasteiger partial charge in [0.15, 0.2) is 0 Å². The van der Waals surface area contributed by atoms with Crippen LogP contribution in [0.5, 0.6) is 0 Å². The fourth-order valence-corrected chi connectivity index (χ4v) is 3.18. The average molecular weight is 333 g/mol. The molecule has 1 aromatic carbocycles. The molecule has 1 amide bonds. The number of hydrogen-bond acceptors (Lipinski definition) is 5. The second-order valence-corrected chi connectivity index (χ2v) is 6.77. The van der Waals surface area contributed by atoms with Crippen LogP contribution in [-0.2, 0) is 21.4 Å². The van der Waals surface area contributed by atoms with Crippen LogP contribution in [0.15, 0.2) is 29.6 Å². The summed E-state index contributed by atoms with van der Waals surface area (Å²) in [7, 11) is 1.61. The van der Waals surface area contributed by atoms with Gasteiger partial charge in [-0.05, 0) is 31.5 Å². The number of benzene rings is 1. The van der Waals surface area contributed by atoms with Crippen LogP contribution < -0.4 is 11.1 Å². The molecule has 0 fully saturated rings. The zero-order valence-corrected chi connectivity index (χ0v) is 14.6. The van der Waals surface area contributed by atoms with Crippen LogP contribution >= 0.6 is 11.3 Å². The van der Waals surface area contributed by atoms with Crippen LogP contribution in [0.25, 0.3) is 0 Å². The smallest absolute Gasteiger partial charge is 0.226 e. The molecule has 0 radical (unpaired) electrons. The number of aromatic nitrogens is 1. The number of nitrogens with one attached hydrogen (secondary N) is 1. The van der Waals surface area contributed by atoms with E-state index in [0.717, 1.165) is 22.0 Å². The van der Waals surface area contributed by atoms with Crippen molar-refractivity contribution in [1.29, 1.82) is 0 Å². The van der Waals surface area contributed by atoms with Gasteiger partial charge < -0.3 is 15.8 Å². The van der Waals surface area contributed by atoms with Gasteiger partial charge in [0, 0.05) is 30.1 Å². The van der Waals surface area contributed by atoms with Crippen LogP contribution in [0.3, 0.4) is 0 Å². The summed E-state index contributed by atoms with van der Waals surface area (Å²) in [5.74, 6) is -0.0378. The lowest BCUT2D eigenvalue weighted by Gasteiger charge is -2.22. The van der Waals surface area contributed by atoms with Crippen molar-refractivity contribution in [1.82, 2.24) is 10.3 Å². The van der Waals surface area contributed by atoms with E-state index in [0.29, 0.717) is 13.2 Å². The normalized spacial score (nSPS) is 11.4. The van der Waals surface area contributed by atoms with Crippen molar-refractivity contribution in [3.63, 3.8) is 0 Å². The van der Waals surface area contributed by atoms with Gasteiger partial charge in [-0.25, -0.2) is 4.98 Å². The van der Waals surface area contributed by atoms with Crippen LogP contribution in [0.1, 0.15) is 30.1 Å².